The van der Waals surface area contributed by atoms with E-state index in [2.05, 4.69) is 41.0 Å². The van der Waals surface area contributed by atoms with Crippen LogP contribution in [0.15, 0.2) is 133 Å². The highest BCUT2D eigenvalue weighted by Gasteiger charge is 2.29. The molecule has 46 heavy (non-hydrogen) atoms. The van der Waals surface area contributed by atoms with E-state index in [1.54, 1.807) is 28.8 Å². The molecule has 0 atom stereocenters. The van der Waals surface area contributed by atoms with Gasteiger partial charge >= 0.3 is 0 Å². The van der Waals surface area contributed by atoms with Gasteiger partial charge in [-0.05, 0) is 42.5 Å². The molecule has 0 bridgehead atoms. The predicted molar refractivity (Wildman–Crippen MR) is 184 cm³/mol. The van der Waals surface area contributed by atoms with Crippen LogP contribution in [0.25, 0.3) is 55.0 Å². The van der Waals surface area contributed by atoms with Gasteiger partial charge in [-0.25, -0.2) is 0 Å². The van der Waals surface area contributed by atoms with Crippen LogP contribution < -0.4 is 11.5 Å². The highest BCUT2D eigenvalue weighted by atomic mass is 16.6. The van der Waals surface area contributed by atoms with E-state index < -0.39 is 9.85 Å². The Kier molecular flexibility index (Phi) is 6.79. The molecule has 0 aliphatic carbocycles. The van der Waals surface area contributed by atoms with Crippen molar-refractivity contribution >= 4 is 66.4 Å². The van der Waals surface area contributed by atoms with Crippen LogP contribution in [0.5, 0.6) is 0 Å². The van der Waals surface area contributed by atoms with E-state index in [4.69, 9.17) is 11.5 Å². The maximum atomic E-state index is 11.5. The van der Waals surface area contributed by atoms with E-state index in [0.717, 1.165) is 27.5 Å². The monoisotopic (exact) mass is 606 g/mol. The average Bonchev–Trinajstić information content (AvgIpc) is 3.58. The van der Waals surface area contributed by atoms with Crippen molar-refractivity contribution in [2.75, 3.05) is 11.5 Å². The van der Waals surface area contributed by atoms with Crippen molar-refractivity contribution in [1.82, 2.24) is 9.13 Å². The summed E-state index contributed by atoms with van der Waals surface area (Å²) in [5.74, 6) is 0. The zero-order valence-corrected chi connectivity index (χ0v) is 24.3. The third-order valence-corrected chi connectivity index (χ3v) is 8.09. The van der Waals surface area contributed by atoms with Crippen molar-refractivity contribution in [1.29, 1.82) is 0 Å². The Morgan fingerprint density at radius 3 is 1.07 bits per heavy atom. The Hall–Kier alpha value is -6.68. The number of nitrogens with two attached hydrogens (primary N) is 2. The summed E-state index contributed by atoms with van der Waals surface area (Å²) < 4.78 is 3.75. The molecule has 0 amide bonds. The van der Waals surface area contributed by atoms with Gasteiger partial charge in [0, 0.05) is 33.7 Å². The van der Waals surface area contributed by atoms with Gasteiger partial charge in [-0.3, -0.25) is 24.8 Å². The summed E-state index contributed by atoms with van der Waals surface area (Å²) in [7, 11) is 0. The number of nitro benzene ring substituents is 2. The molecule has 2 aromatic heterocycles. The number of nitrogens with zero attached hydrogens (tertiary/aromatic N) is 4. The molecule has 0 aliphatic heterocycles. The lowest BCUT2D eigenvalue weighted by Crippen LogP contribution is -2.04. The van der Waals surface area contributed by atoms with Crippen molar-refractivity contribution in [3.05, 3.63) is 154 Å². The Labute approximate surface area is 261 Å². The number of benzene rings is 6. The van der Waals surface area contributed by atoms with Crippen LogP contribution in [0.2, 0.25) is 0 Å². The molecule has 8 aromatic rings. The van der Waals surface area contributed by atoms with Crippen LogP contribution >= 0.6 is 0 Å². The predicted octanol–water partition coefficient (Wildman–Crippen LogP) is 8.55. The first-order chi connectivity index (χ1) is 22.4. The molecular formula is C36H26N6O4. The SMILES string of the molecule is Nc1cccc(N)c1-n1c2ccccc2c2ccccc21.O=[N+]([O-])c1cccc([N+](=O)[O-])c1-n1c2ccccc2c2ccccc21. The average molecular weight is 607 g/mol. The molecule has 0 saturated carbocycles. The number of hydrogen-bond donors (Lipinski definition) is 2. The highest BCUT2D eigenvalue weighted by Crippen LogP contribution is 2.40. The molecule has 2 heterocycles. The van der Waals surface area contributed by atoms with E-state index in [9.17, 15) is 20.2 Å². The molecule has 0 unspecified atom stereocenters. The molecule has 0 radical (unpaired) electrons. The fourth-order valence-electron chi connectivity index (χ4n) is 6.21. The third kappa shape index (κ3) is 4.44. The molecule has 8 rings (SSSR count). The van der Waals surface area contributed by atoms with Crippen LogP contribution in [0.1, 0.15) is 0 Å². The second-order valence-corrected chi connectivity index (χ2v) is 10.7. The summed E-state index contributed by atoms with van der Waals surface area (Å²) in [6, 6.07) is 40.9. The van der Waals surface area contributed by atoms with Gasteiger partial charge in [0.15, 0.2) is 0 Å². The van der Waals surface area contributed by atoms with Crippen molar-refractivity contribution in [3.63, 3.8) is 0 Å². The van der Waals surface area contributed by atoms with Gasteiger partial charge in [-0.1, -0.05) is 78.9 Å². The molecule has 0 saturated heterocycles. The summed E-state index contributed by atoms with van der Waals surface area (Å²) in [4.78, 5) is 21.9. The number of hydrogen-bond acceptors (Lipinski definition) is 6. The normalized spacial score (nSPS) is 11.1. The first kappa shape index (κ1) is 28.1. The maximum absolute atomic E-state index is 11.5. The molecular weight excluding hydrogens is 580 g/mol. The van der Waals surface area contributed by atoms with E-state index in [-0.39, 0.29) is 17.1 Å². The number of nitro groups is 2. The third-order valence-electron chi connectivity index (χ3n) is 8.09. The highest BCUT2D eigenvalue weighted by molar-refractivity contribution is 6.11. The van der Waals surface area contributed by atoms with E-state index in [1.807, 2.05) is 54.6 Å². The van der Waals surface area contributed by atoms with Gasteiger partial charge in [0.2, 0.25) is 5.69 Å². The number of fused-ring (bicyclic) bond motifs is 6. The summed E-state index contributed by atoms with van der Waals surface area (Å²) >= 11 is 0. The van der Waals surface area contributed by atoms with Gasteiger partial charge in [-0.2, -0.15) is 0 Å². The number of nitrogen functional groups attached to an aromatic ring is 2. The zero-order chi connectivity index (χ0) is 31.9. The van der Waals surface area contributed by atoms with Gasteiger partial charge in [0.1, 0.15) is 0 Å². The van der Waals surface area contributed by atoms with Crippen LogP contribution in [0.4, 0.5) is 22.7 Å². The van der Waals surface area contributed by atoms with E-state index >= 15 is 0 Å². The minimum absolute atomic E-state index is 0.0325. The number of para-hydroxylation sites is 6. The molecule has 224 valence electrons. The number of anilines is 2. The van der Waals surface area contributed by atoms with E-state index in [0.29, 0.717) is 22.4 Å². The maximum Gasteiger partial charge on any atom is 0.300 e. The first-order valence-corrected chi connectivity index (χ1v) is 14.4. The Morgan fingerprint density at radius 1 is 0.413 bits per heavy atom. The second-order valence-electron chi connectivity index (χ2n) is 10.7. The second kappa shape index (κ2) is 11.1. The topological polar surface area (TPSA) is 148 Å². The Bertz CT molecular complexity index is 2320. The lowest BCUT2D eigenvalue weighted by molar-refractivity contribution is -0.393. The summed E-state index contributed by atoms with van der Waals surface area (Å²) in [5, 5.41) is 27.2. The molecule has 0 spiro atoms. The molecule has 0 aliphatic rings. The van der Waals surface area contributed by atoms with Crippen LogP contribution in [-0.2, 0) is 0 Å². The van der Waals surface area contributed by atoms with Crippen LogP contribution in [0.3, 0.4) is 0 Å². The van der Waals surface area contributed by atoms with Crippen LogP contribution in [-0.4, -0.2) is 19.0 Å². The Balaban J connectivity index is 0.000000149. The van der Waals surface area contributed by atoms with E-state index in [1.165, 1.54) is 29.0 Å². The first-order valence-electron chi connectivity index (χ1n) is 14.4. The molecule has 6 aromatic carbocycles. The molecule has 4 N–H and O–H groups in total. The minimum Gasteiger partial charge on any atom is -0.397 e. The van der Waals surface area contributed by atoms with Gasteiger partial charge in [0.25, 0.3) is 11.4 Å². The fourth-order valence-corrected chi connectivity index (χ4v) is 6.21. The van der Waals surface area contributed by atoms with Gasteiger partial charge in [0.05, 0.1) is 49.0 Å². The lowest BCUT2D eigenvalue weighted by atomic mass is 10.2. The fraction of sp³-hybridized carbons (Fsp3) is 0. The summed E-state index contributed by atoms with van der Waals surface area (Å²) in [5.41, 5.74) is 17.6. The zero-order valence-electron chi connectivity index (χ0n) is 24.3. The lowest BCUT2D eigenvalue weighted by Gasteiger charge is -2.13. The summed E-state index contributed by atoms with van der Waals surface area (Å²) in [6.45, 7) is 0. The largest absolute Gasteiger partial charge is 0.397 e. The quantitative estimate of drug-likeness (QED) is 0.116. The van der Waals surface area contributed by atoms with Crippen molar-refractivity contribution < 1.29 is 9.85 Å². The van der Waals surface area contributed by atoms with Crippen LogP contribution in [0, 0.1) is 20.2 Å². The standard InChI is InChI=1S/C18H11N3O4.C18H15N3/c22-20(23)16-10-5-11-17(21(24)25)18(16)19-14-8-3-1-6-12(14)13-7-2-4-9-15(13)19;19-14-8-5-9-15(20)18(14)21-16-10-3-1-6-12(16)13-7-2-4-11-17(13)21/h1-11H;1-11H,19-20H2. The van der Waals surface area contributed by atoms with Crippen molar-refractivity contribution in [2.24, 2.45) is 0 Å². The van der Waals surface area contributed by atoms with Gasteiger partial charge in [-0.15, -0.1) is 0 Å². The van der Waals surface area contributed by atoms with Crippen molar-refractivity contribution in [3.8, 4) is 11.4 Å². The minimum atomic E-state index is -0.591. The number of aromatic nitrogens is 2. The Morgan fingerprint density at radius 2 is 0.717 bits per heavy atom. The molecule has 0 fully saturated rings. The molecule has 10 nitrogen and oxygen atoms in total. The smallest absolute Gasteiger partial charge is 0.300 e. The number of rotatable bonds is 4. The van der Waals surface area contributed by atoms with Crippen molar-refractivity contribution in [2.45, 2.75) is 0 Å². The summed E-state index contributed by atoms with van der Waals surface area (Å²) in [6.07, 6.45) is 0. The van der Waals surface area contributed by atoms with Gasteiger partial charge < -0.3 is 16.0 Å². The molecule has 10 heteroatoms.